The maximum atomic E-state index is 5.90. The zero-order chi connectivity index (χ0) is 11.5. The summed E-state index contributed by atoms with van der Waals surface area (Å²) in [6.07, 6.45) is 3.49. The van der Waals surface area contributed by atoms with Crippen LogP contribution in [-0.4, -0.2) is 19.3 Å². The lowest BCUT2D eigenvalue weighted by atomic mass is 10.1. The Labute approximate surface area is 96.5 Å². The maximum absolute atomic E-state index is 5.90. The Balaban J connectivity index is 2.25. The number of hydrogen-bond donors (Lipinski definition) is 1. The van der Waals surface area contributed by atoms with Crippen LogP contribution in [0.5, 0.6) is 11.5 Å². The van der Waals surface area contributed by atoms with Crippen LogP contribution in [0.2, 0.25) is 0 Å². The molecule has 88 valence electrons. The lowest BCUT2D eigenvalue weighted by Crippen LogP contribution is -2.18. The number of methoxy groups -OCH3 is 1. The molecule has 16 heavy (non-hydrogen) atoms. The third kappa shape index (κ3) is 2.67. The molecule has 1 atom stereocenters. The van der Waals surface area contributed by atoms with Crippen LogP contribution in [0.15, 0.2) is 18.2 Å². The Hall–Kier alpha value is -1.22. The minimum Gasteiger partial charge on any atom is -0.493 e. The molecule has 0 amide bonds. The van der Waals surface area contributed by atoms with Gasteiger partial charge in [0.25, 0.3) is 0 Å². The second kappa shape index (κ2) is 4.74. The van der Waals surface area contributed by atoms with Gasteiger partial charge in [-0.3, -0.25) is 0 Å². The van der Waals surface area contributed by atoms with Gasteiger partial charge in [0, 0.05) is 6.04 Å². The van der Waals surface area contributed by atoms with Crippen molar-refractivity contribution >= 4 is 0 Å². The summed E-state index contributed by atoms with van der Waals surface area (Å²) in [6, 6.07) is 6.11. The van der Waals surface area contributed by atoms with E-state index in [-0.39, 0.29) is 6.04 Å². The normalized spacial score (nSPS) is 16.9. The Morgan fingerprint density at radius 1 is 1.44 bits per heavy atom. The number of para-hydroxylation sites is 1. The first kappa shape index (κ1) is 11.3. The molecule has 0 aliphatic heterocycles. The fourth-order valence-electron chi connectivity index (χ4n) is 1.72. The summed E-state index contributed by atoms with van der Waals surface area (Å²) in [7, 11) is 1.67. The monoisotopic (exact) mass is 221 g/mol. The van der Waals surface area contributed by atoms with Crippen molar-refractivity contribution in [3.05, 3.63) is 23.8 Å². The van der Waals surface area contributed by atoms with Crippen LogP contribution in [0.25, 0.3) is 0 Å². The number of ether oxygens (including phenoxy) is 2. The molecule has 0 radical (unpaired) electrons. The average Bonchev–Trinajstić information content (AvgIpc) is 3.03. The van der Waals surface area contributed by atoms with Crippen LogP contribution >= 0.6 is 0 Å². The van der Waals surface area contributed by atoms with E-state index in [2.05, 4.69) is 6.07 Å². The fourth-order valence-corrected chi connectivity index (χ4v) is 1.72. The standard InChI is InChI=1S/C13H19NO2/c1-9(14)8-10-4-3-5-12(15-2)13(10)16-11-6-7-11/h3-5,9,11H,6-8,14H2,1-2H3. The van der Waals surface area contributed by atoms with Crippen LogP contribution in [0.4, 0.5) is 0 Å². The van der Waals surface area contributed by atoms with E-state index in [1.807, 2.05) is 19.1 Å². The summed E-state index contributed by atoms with van der Waals surface area (Å²) in [6.45, 7) is 2.00. The lowest BCUT2D eigenvalue weighted by molar-refractivity contribution is 0.278. The van der Waals surface area contributed by atoms with E-state index in [1.54, 1.807) is 7.11 Å². The molecule has 1 aliphatic rings. The van der Waals surface area contributed by atoms with Crippen molar-refractivity contribution in [1.82, 2.24) is 0 Å². The van der Waals surface area contributed by atoms with E-state index < -0.39 is 0 Å². The van der Waals surface area contributed by atoms with Gasteiger partial charge in [-0.05, 0) is 37.8 Å². The molecule has 0 spiro atoms. The quantitative estimate of drug-likeness (QED) is 0.828. The summed E-state index contributed by atoms with van der Waals surface area (Å²) in [5, 5.41) is 0. The second-order valence-corrected chi connectivity index (χ2v) is 4.45. The smallest absolute Gasteiger partial charge is 0.164 e. The highest BCUT2D eigenvalue weighted by Crippen LogP contribution is 2.36. The van der Waals surface area contributed by atoms with Crippen molar-refractivity contribution in [1.29, 1.82) is 0 Å². The Morgan fingerprint density at radius 3 is 2.75 bits per heavy atom. The molecule has 3 nitrogen and oxygen atoms in total. The van der Waals surface area contributed by atoms with Gasteiger partial charge in [0.1, 0.15) is 0 Å². The SMILES string of the molecule is COc1cccc(CC(C)N)c1OC1CC1. The first-order valence-electron chi connectivity index (χ1n) is 5.79. The molecule has 0 saturated heterocycles. The minimum atomic E-state index is 0.133. The molecular formula is C13H19NO2. The highest BCUT2D eigenvalue weighted by Gasteiger charge is 2.26. The zero-order valence-corrected chi connectivity index (χ0v) is 9.90. The third-order valence-corrected chi connectivity index (χ3v) is 2.63. The van der Waals surface area contributed by atoms with Gasteiger partial charge in [0.15, 0.2) is 11.5 Å². The van der Waals surface area contributed by atoms with E-state index >= 15 is 0 Å². The highest BCUT2D eigenvalue weighted by molar-refractivity contribution is 5.47. The van der Waals surface area contributed by atoms with Crippen molar-refractivity contribution in [2.45, 2.75) is 38.3 Å². The van der Waals surface area contributed by atoms with Crippen LogP contribution in [-0.2, 0) is 6.42 Å². The van der Waals surface area contributed by atoms with Gasteiger partial charge in [-0.15, -0.1) is 0 Å². The van der Waals surface area contributed by atoms with Gasteiger partial charge in [0.2, 0.25) is 0 Å². The molecule has 1 unspecified atom stereocenters. The van der Waals surface area contributed by atoms with Crippen molar-refractivity contribution in [2.75, 3.05) is 7.11 Å². The van der Waals surface area contributed by atoms with Crippen LogP contribution in [0.1, 0.15) is 25.3 Å². The molecule has 0 heterocycles. The predicted octanol–water partition coefficient (Wildman–Crippen LogP) is 2.13. The maximum Gasteiger partial charge on any atom is 0.164 e. The Bertz CT molecular complexity index is 359. The molecular weight excluding hydrogens is 202 g/mol. The molecule has 0 aromatic heterocycles. The van der Waals surface area contributed by atoms with E-state index in [1.165, 1.54) is 0 Å². The zero-order valence-electron chi connectivity index (χ0n) is 9.90. The van der Waals surface area contributed by atoms with Crippen molar-refractivity contribution in [3.63, 3.8) is 0 Å². The minimum absolute atomic E-state index is 0.133. The average molecular weight is 221 g/mol. The number of nitrogens with two attached hydrogens (primary N) is 1. The van der Waals surface area contributed by atoms with Gasteiger partial charge < -0.3 is 15.2 Å². The van der Waals surface area contributed by atoms with Crippen LogP contribution in [0.3, 0.4) is 0 Å². The number of benzene rings is 1. The number of rotatable bonds is 5. The van der Waals surface area contributed by atoms with Gasteiger partial charge in [-0.25, -0.2) is 0 Å². The van der Waals surface area contributed by atoms with Crippen LogP contribution in [0, 0.1) is 0 Å². The number of hydrogen-bond acceptors (Lipinski definition) is 3. The topological polar surface area (TPSA) is 44.5 Å². The first-order chi connectivity index (χ1) is 7.70. The van der Waals surface area contributed by atoms with Gasteiger partial charge >= 0.3 is 0 Å². The third-order valence-electron chi connectivity index (χ3n) is 2.63. The van der Waals surface area contributed by atoms with Gasteiger partial charge in [-0.2, -0.15) is 0 Å². The molecule has 1 fully saturated rings. The Morgan fingerprint density at radius 2 is 2.19 bits per heavy atom. The fraction of sp³-hybridized carbons (Fsp3) is 0.538. The van der Waals surface area contributed by atoms with Crippen molar-refractivity contribution < 1.29 is 9.47 Å². The molecule has 1 aromatic carbocycles. The van der Waals surface area contributed by atoms with E-state index in [0.29, 0.717) is 6.10 Å². The molecule has 2 rings (SSSR count). The second-order valence-electron chi connectivity index (χ2n) is 4.45. The van der Waals surface area contributed by atoms with Crippen LogP contribution < -0.4 is 15.2 Å². The highest BCUT2D eigenvalue weighted by atomic mass is 16.5. The summed E-state index contributed by atoms with van der Waals surface area (Å²) < 4.78 is 11.2. The first-order valence-corrected chi connectivity index (χ1v) is 5.79. The predicted molar refractivity (Wildman–Crippen MR) is 64.0 cm³/mol. The molecule has 3 heteroatoms. The van der Waals surface area contributed by atoms with E-state index in [4.69, 9.17) is 15.2 Å². The molecule has 2 N–H and O–H groups in total. The van der Waals surface area contributed by atoms with E-state index in [9.17, 15) is 0 Å². The van der Waals surface area contributed by atoms with Crippen molar-refractivity contribution in [3.8, 4) is 11.5 Å². The molecule has 1 aromatic rings. The summed E-state index contributed by atoms with van der Waals surface area (Å²) in [5.41, 5.74) is 6.97. The summed E-state index contributed by atoms with van der Waals surface area (Å²) in [5.74, 6) is 1.69. The van der Waals surface area contributed by atoms with Crippen molar-refractivity contribution in [2.24, 2.45) is 5.73 Å². The molecule has 0 bridgehead atoms. The molecule has 1 saturated carbocycles. The largest absolute Gasteiger partial charge is 0.493 e. The van der Waals surface area contributed by atoms with Gasteiger partial charge in [-0.1, -0.05) is 12.1 Å². The Kier molecular flexibility index (Phi) is 3.34. The summed E-state index contributed by atoms with van der Waals surface area (Å²) in [4.78, 5) is 0. The van der Waals surface area contributed by atoms with Gasteiger partial charge in [0.05, 0.1) is 13.2 Å². The molecule has 1 aliphatic carbocycles. The summed E-state index contributed by atoms with van der Waals surface area (Å²) >= 11 is 0. The van der Waals surface area contributed by atoms with E-state index in [0.717, 1.165) is 36.3 Å². The lowest BCUT2D eigenvalue weighted by Gasteiger charge is -2.15.